The van der Waals surface area contributed by atoms with Crippen molar-refractivity contribution in [1.82, 2.24) is 9.88 Å². The normalized spacial score (nSPS) is 13.9. The molecule has 3 heterocycles. The smallest absolute Gasteiger partial charge is 0.258 e. The van der Waals surface area contributed by atoms with E-state index < -0.39 is 23.6 Å². The molecule has 37 heavy (non-hydrogen) atoms. The van der Waals surface area contributed by atoms with Gasteiger partial charge in [0.05, 0.1) is 34.0 Å². The number of hydrogen-bond acceptors (Lipinski definition) is 7. The van der Waals surface area contributed by atoms with Crippen LogP contribution in [0, 0.1) is 23.0 Å². The molecule has 5 rings (SSSR count). The van der Waals surface area contributed by atoms with Gasteiger partial charge in [0, 0.05) is 29.3 Å². The molecule has 0 aliphatic carbocycles. The van der Waals surface area contributed by atoms with Crippen molar-refractivity contribution >= 4 is 49.7 Å². The van der Waals surface area contributed by atoms with Gasteiger partial charge in [0.1, 0.15) is 22.7 Å². The second kappa shape index (κ2) is 9.18. The molecule has 0 saturated carbocycles. The van der Waals surface area contributed by atoms with Crippen LogP contribution < -0.4 is 16.2 Å². The van der Waals surface area contributed by atoms with Crippen molar-refractivity contribution in [3.05, 3.63) is 69.4 Å². The molecule has 1 aliphatic heterocycles. The molecule has 11 heteroatoms. The first kappa shape index (κ1) is 24.7. The standard InChI is InChI=1S/C26H20ClF2N5O2S/c1-11(12-4-3-8-33-24(12)31)34-9-7-14-19(26(34)35)22(36-2)21(29)18(20(14)27)13-5-6-16(28)23-17(13)15(10-30)25(32)37-23/h3-6,8,11H,7,9,32H2,1-2H3,(H2,31,33)/t11-/m0/s1. The summed E-state index contributed by atoms with van der Waals surface area (Å²) < 4.78 is 36.3. The van der Waals surface area contributed by atoms with Crippen LogP contribution in [0.2, 0.25) is 5.02 Å². The summed E-state index contributed by atoms with van der Waals surface area (Å²) in [6.45, 7) is 2.09. The summed E-state index contributed by atoms with van der Waals surface area (Å²) in [5, 5.41) is 9.94. The zero-order valence-electron chi connectivity index (χ0n) is 19.7. The van der Waals surface area contributed by atoms with E-state index in [2.05, 4.69) is 4.98 Å². The highest BCUT2D eigenvalue weighted by atomic mass is 35.5. The van der Waals surface area contributed by atoms with E-state index in [4.69, 9.17) is 27.8 Å². The minimum atomic E-state index is -0.892. The number of fused-ring (bicyclic) bond motifs is 2. The molecule has 0 radical (unpaired) electrons. The van der Waals surface area contributed by atoms with Gasteiger partial charge in [-0.05, 0) is 36.6 Å². The highest BCUT2D eigenvalue weighted by molar-refractivity contribution is 7.23. The summed E-state index contributed by atoms with van der Waals surface area (Å²) in [7, 11) is 1.26. The van der Waals surface area contributed by atoms with E-state index >= 15 is 4.39 Å². The van der Waals surface area contributed by atoms with E-state index in [0.717, 1.165) is 11.3 Å². The first-order chi connectivity index (χ1) is 17.7. The Labute approximate surface area is 219 Å². The molecule has 0 fully saturated rings. The molecule has 0 spiro atoms. The predicted octanol–water partition coefficient (Wildman–Crippen LogP) is 5.70. The Balaban J connectivity index is 1.72. The monoisotopic (exact) mass is 539 g/mol. The average molecular weight is 540 g/mol. The number of nitriles is 1. The van der Waals surface area contributed by atoms with Gasteiger partial charge in [-0.15, -0.1) is 11.3 Å². The van der Waals surface area contributed by atoms with Gasteiger partial charge in [0.2, 0.25) is 0 Å². The third kappa shape index (κ3) is 3.65. The van der Waals surface area contributed by atoms with Crippen molar-refractivity contribution in [3.8, 4) is 22.9 Å². The molecule has 7 nitrogen and oxygen atoms in total. The summed E-state index contributed by atoms with van der Waals surface area (Å²) in [6.07, 6.45) is 1.86. The van der Waals surface area contributed by atoms with Crippen molar-refractivity contribution in [1.29, 1.82) is 5.26 Å². The Morgan fingerprint density at radius 2 is 2.03 bits per heavy atom. The highest BCUT2D eigenvalue weighted by Crippen LogP contribution is 2.48. The summed E-state index contributed by atoms with van der Waals surface area (Å²) in [6, 6.07) is 7.57. The highest BCUT2D eigenvalue weighted by Gasteiger charge is 2.37. The minimum Gasteiger partial charge on any atom is -0.493 e. The van der Waals surface area contributed by atoms with Crippen molar-refractivity contribution in [2.45, 2.75) is 19.4 Å². The van der Waals surface area contributed by atoms with E-state index in [9.17, 15) is 14.4 Å². The Morgan fingerprint density at radius 3 is 2.70 bits per heavy atom. The van der Waals surface area contributed by atoms with Gasteiger partial charge in [-0.3, -0.25) is 4.79 Å². The molecule has 0 unspecified atom stereocenters. The number of anilines is 2. The summed E-state index contributed by atoms with van der Waals surface area (Å²) >= 11 is 7.67. The SMILES string of the molecule is COc1c(F)c(-c2ccc(F)c3sc(N)c(C#N)c23)c(Cl)c2c1C(=O)N([C@@H](C)c1cccnc1N)CC2. The van der Waals surface area contributed by atoms with Crippen molar-refractivity contribution in [3.63, 3.8) is 0 Å². The van der Waals surface area contributed by atoms with E-state index in [1.54, 1.807) is 23.2 Å². The van der Waals surface area contributed by atoms with Crippen molar-refractivity contribution in [2.75, 3.05) is 25.1 Å². The Morgan fingerprint density at radius 1 is 1.27 bits per heavy atom. The number of ether oxygens (including phenoxy) is 1. The maximum absolute atomic E-state index is 16.2. The summed E-state index contributed by atoms with van der Waals surface area (Å²) in [5.74, 6) is -1.94. The van der Waals surface area contributed by atoms with Crippen molar-refractivity contribution in [2.24, 2.45) is 0 Å². The van der Waals surface area contributed by atoms with Crippen LogP contribution in [0.3, 0.4) is 0 Å². The Bertz CT molecular complexity index is 1630. The van der Waals surface area contributed by atoms with Gasteiger partial charge in [-0.2, -0.15) is 5.26 Å². The number of nitrogens with zero attached hydrogens (tertiary/aromatic N) is 3. The fourth-order valence-electron chi connectivity index (χ4n) is 4.91. The van der Waals surface area contributed by atoms with E-state index in [-0.39, 0.29) is 54.7 Å². The summed E-state index contributed by atoms with van der Waals surface area (Å²) in [4.78, 5) is 19.3. The number of rotatable bonds is 4. The molecule has 1 atom stereocenters. The van der Waals surface area contributed by atoms with E-state index in [0.29, 0.717) is 23.4 Å². The molecular formula is C26H20ClF2N5O2S. The molecular weight excluding hydrogens is 520 g/mol. The Hall–Kier alpha value is -3.94. The summed E-state index contributed by atoms with van der Waals surface area (Å²) in [5.41, 5.74) is 13.2. The number of amides is 1. The first-order valence-corrected chi connectivity index (χ1v) is 12.4. The number of methoxy groups -OCH3 is 1. The maximum atomic E-state index is 16.2. The molecule has 4 N–H and O–H groups in total. The van der Waals surface area contributed by atoms with Gasteiger partial charge in [0.15, 0.2) is 11.6 Å². The molecule has 0 bridgehead atoms. The molecule has 4 aromatic rings. The molecule has 1 aliphatic rings. The number of pyridine rings is 1. The number of halogens is 3. The minimum absolute atomic E-state index is 0.00332. The van der Waals surface area contributed by atoms with Crippen LogP contribution in [0.5, 0.6) is 5.75 Å². The van der Waals surface area contributed by atoms with Crippen LogP contribution in [0.15, 0.2) is 30.5 Å². The number of carbonyl (C=O) groups is 1. The fraction of sp³-hybridized carbons (Fsp3) is 0.192. The number of aromatic nitrogens is 1. The van der Waals surface area contributed by atoms with Crippen molar-refractivity contribution < 1.29 is 18.3 Å². The quantitative estimate of drug-likeness (QED) is 0.343. The lowest BCUT2D eigenvalue weighted by Crippen LogP contribution is -2.40. The van der Waals surface area contributed by atoms with Gasteiger partial charge >= 0.3 is 0 Å². The average Bonchev–Trinajstić information content (AvgIpc) is 3.23. The predicted molar refractivity (Wildman–Crippen MR) is 140 cm³/mol. The van der Waals surface area contributed by atoms with E-state index in [1.807, 2.05) is 13.0 Å². The zero-order chi connectivity index (χ0) is 26.6. The fourth-order valence-corrected chi connectivity index (χ4v) is 6.24. The molecule has 188 valence electrons. The number of nitrogens with two attached hydrogens (primary N) is 2. The Kier molecular flexibility index (Phi) is 6.14. The van der Waals surface area contributed by atoms with Crippen LogP contribution in [-0.4, -0.2) is 29.4 Å². The number of benzene rings is 2. The first-order valence-electron chi connectivity index (χ1n) is 11.2. The number of thiophene rings is 1. The maximum Gasteiger partial charge on any atom is 0.258 e. The lowest BCUT2D eigenvalue weighted by molar-refractivity contribution is 0.0668. The van der Waals surface area contributed by atoms with Crippen LogP contribution in [-0.2, 0) is 6.42 Å². The van der Waals surface area contributed by atoms with Gasteiger partial charge in [-0.1, -0.05) is 23.7 Å². The third-order valence-corrected chi connectivity index (χ3v) is 8.15. The largest absolute Gasteiger partial charge is 0.493 e. The van der Waals surface area contributed by atoms with Crippen LogP contribution in [0.4, 0.5) is 19.6 Å². The molecule has 1 amide bonds. The second-order valence-corrected chi connectivity index (χ2v) is 9.97. The number of hydrogen-bond donors (Lipinski definition) is 2. The van der Waals surface area contributed by atoms with Crippen LogP contribution in [0.25, 0.3) is 21.2 Å². The topological polar surface area (TPSA) is 118 Å². The number of carbonyl (C=O) groups excluding carboxylic acids is 1. The van der Waals surface area contributed by atoms with Gasteiger partial charge < -0.3 is 21.1 Å². The molecule has 2 aromatic carbocycles. The number of nitrogen functional groups attached to an aromatic ring is 2. The second-order valence-electron chi connectivity index (χ2n) is 8.54. The van der Waals surface area contributed by atoms with E-state index in [1.165, 1.54) is 19.2 Å². The molecule has 0 saturated heterocycles. The lowest BCUT2D eigenvalue weighted by Gasteiger charge is -2.35. The van der Waals surface area contributed by atoms with Gasteiger partial charge in [-0.25, -0.2) is 13.8 Å². The van der Waals surface area contributed by atoms with Gasteiger partial charge in [0.25, 0.3) is 5.91 Å². The van der Waals surface area contributed by atoms with Crippen LogP contribution >= 0.6 is 22.9 Å². The lowest BCUT2D eigenvalue weighted by atomic mass is 9.89. The third-order valence-electron chi connectivity index (χ3n) is 6.70. The molecule has 2 aromatic heterocycles. The van der Waals surface area contributed by atoms with Crippen LogP contribution in [0.1, 0.15) is 40.0 Å². The zero-order valence-corrected chi connectivity index (χ0v) is 21.3.